The Morgan fingerprint density at radius 2 is 1.53 bits per heavy atom. The molecule has 5 aromatic rings. The lowest BCUT2D eigenvalue weighted by Crippen LogP contribution is -2.59. The van der Waals surface area contributed by atoms with Crippen molar-refractivity contribution >= 4 is 44.4 Å². The van der Waals surface area contributed by atoms with E-state index in [1.807, 2.05) is 81.4 Å². The Balaban J connectivity index is 1.26. The minimum Gasteiger partial charge on any atom is -0.489 e. The van der Waals surface area contributed by atoms with Crippen LogP contribution in [0, 0.1) is 11.3 Å². The van der Waals surface area contributed by atoms with Gasteiger partial charge in [0.25, 0.3) is 0 Å². The lowest BCUT2D eigenvalue weighted by Gasteiger charge is -2.41. The van der Waals surface area contributed by atoms with Crippen LogP contribution in [0.5, 0.6) is 5.75 Å². The van der Waals surface area contributed by atoms with Gasteiger partial charge in [-0.3, -0.25) is 0 Å². The van der Waals surface area contributed by atoms with Gasteiger partial charge in [0, 0.05) is 23.8 Å². The zero-order chi connectivity index (χ0) is 31.8. The second-order valence-corrected chi connectivity index (χ2v) is 12.9. The van der Waals surface area contributed by atoms with Gasteiger partial charge in [0.2, 0.25) is 0 Å². The topological polar surface area (TPSA) is 85.6 Å². The molecular weight excluding hydrogens is 564 g/mol. The van der Waals surface area contributed by atoms with E-state index in [1.54, 1.807) is 6.07 Å². The number of amides is 1. The second kappa shape index (κ2) is 11.9. The van der Waals surface area contributed by atoms with Crippen LogP contribution in [-0.2, 0) is 16.0 Å². The van der Waals surface area contributed by atoms with E-state index in [0.29, 0.717) is 43.6 Å². The van der Waals surface area contributed by atoms with E-state index in [0.717, 1.165) is 43.6 Å². The molecule has 0 unspecified atom stereocenters. The molecule has 1 fully saturated rings. The summed E-state index contributed by atoms with van der Waals surface area (Å²) in [7, 11) is 1.39. The number of nitrogens with zero attached hydrogens (tertiary/aromatic N) is 2. The zero-order valence-electron chi connectivity index (χ0n) is 26.1. The number of methoxy groups -OCH3 is 1. The van der Waals surface area contributed by atoms with Crippen LogP contribution in [0.3, 0.4) is 0 Å². The molecule has 0 radical (unpaired) electrons. The molecule has 5 aromatic carbocycles. The Bertz CT molecular complexity index is 1980. The van der Waals surface area contributed by atoms with Crippen LogP contribution in [-0.4, -0.2) is 48.4 Å². The van der Waals surface area contributed by atoms with Crippen molar-refractivity contribution in [2.75, 3.05) is 20.2 Å². The highest BCUT2D eigenvalue weighted by Crippen LogP contribution is 2.35. The number of rotatable bonds is 5. The van der Waals surface area contributed by atoms with E-state index in [-0.39, 0.29) is 22.6 Å². The molecule has 1 amide bonds. The van der Waals surface area contributed by atoms with Crippen molar-refractivity contribution in [3.63, 3.8) is 0 Å². The lowest BCUT2D eigenvalue weighted by molar-refractivity contribution is -0.877. The summed E-state index contributed by atoms with van der Waals surface area (Å²) < 4.78 is 17.8. The molecule has 45 heavy (non-hydrogen) atoms. The molecule has 0 aliphatic carbocycles. The van der Waals surface area contributed by atoms with Crippen LogP contribution in [0.2, 0.25) is 0 Å². The zero-order valence-corrected chi connectivity index (χ0v) is 26.1. The third-order valence-electron chi connectivity index (χ3n) is 8.60. The summed E-state index contributed by atoms with van der Waals surface area (Å²) >= 11 is 0. The Kier molecular flexibility index (Phi) is 7.94. The molecule has 7 heteroatoms. The summed E-state index contributed by atoms with van der Waals surface area (Å²) in [5, 5.41) is 15.1. The van der Waals surface area contributed by atoms with Gasteiger partial charge < -0.3 is 14.2 Å². The largest absolute Gasteiger partial charge is 0.516 e. The standard InChI is InChI=1S/C38H37N2O5/c1-38(2,3)45-37(42)40(24-26-12-14-27-13-11-25(23-39)19-30(27)20-26)17-15-31(16-18-40)44-35-10-6-8-29-21-33-28(22-34(29)35)7-5-9-32(33)36(41)43-4/h5-14,19-22,31H,15-18,24H2,1-4H3/q+1. The van der Waals surface area contributed by atoms with E-state index in [2.05, 4.69) is 24.3 Å². The number of carbonyl (C=O) groups is 2. The van der Waals surface area contributed by atoms with Gasteiger partial charge in [-0.25, -0.2) is 9.28 Å². The van der Waals surface area contributed by atoms with Gasteiger partial charge in [0.05, 0.1) is 37.4 Å². The van der Waals surface area contributed by atoms with E-state index in [9.17, 15) is 14.9 Å². The Labute approximate surface area is 263 Å². The molecule has 1 heterocycles. The minimum atomic E-state index is -0.611. The van der Waals surface area contributed by atoms with Gasteiger partial charge >= 0.3 is 12.1 Å². The van der Waals surface area contributed by atoms with Crippen LogP contribution in [0.15, 0.2) is 84.9 Å². The first-order valence-electron chi connectivity index (χ1n) is 15.3. The molecule has 1 saturated heterocycles. The van der Waals surface area contributed by atoms with Crippen LogP contribution < -0.4 is 4.74 Å². The molecule has 0 aromatic heterocycles. The minimum absolute atomic E-state index is 0.0730. The second-order valence-electron chi connectivity index (χ2n) is 12.9. The average molecular weight is 602 g/mol. The van der Waals surface area contributed by atoms with E-state index >= 15 is 0 Å². The average Bonchev–Trinajstić information content (AvgIpc) is 3.03. The number of benzene rings is 5. The first kappa shape index (κ1) is 30.1. The number of esters is 1. The molecule has 0 N–H and O–H groups in total. The van der Waals surface area contributed by atoms with Crippen molar-refractivity contribution in [2.45, 2.75) is 51.9 Å². The molecule has 1 aliphatic rings. The normalized spacial score (nSPS) is 18.4. The van der Waals surface area contributed by atoms with E-state index < -0.39 is 5.60 Å². The molecule has 7 nitrogen and oxygen atoms in total. The summed E-state index contributed by atoms with van der Waals surface area (Å²) in [4.78, 5) is 26.2. The van der Waals surface area contributed by atoms with E-state index in [4.69, 9.17) is 14.2 Å². The van der Waals surface area contributed by atoms with Crippen molar-refractivity contribution in [2.24, 2.45) is 0 Å². The fourth-order valence-electron chi connectivity index (χ4n) is 6.33. The maximum atomic E-state index is 13.8. The fourth-order valence-corrected chi connectivity index (χ4v) is 6.33. The van der Waals surface area contributed by atoms with Crippen LogP contribution in [0.4, 0.5) is 4.79 Å². The number of carbonyl (C=O) groups excluding carboxylic acids is 2. The maximum absolute atomic E-state index is 13.8. The SMILES string of the molecule is COC(=O)c1cccc2cc3c(OC4CC[N+](Cc5ccc6ccc(C#N)cc6c5)(C(=O)OC(C)(C)C)CC4)cccc3cc12. The summed E-state index contributed by atoms with van der Waals surface area (Å²) in [5.41, 5.74) is 1.55. The number of fused-ring (bicyclic) bond motifs is 3. The van der Waals surface area contributed by atoms with Crippen LogP contribution in [0.25, 0.3) is 32.3 Å². The molecule has 228 valence electrons. The molecule has 0 saturated carbocycles. The molecular formula is C38H37N2O5+. The molecule has 6 rings (SSSR count). The lowest BCUT2D eigenvalue weighted by atomic mass is 9.98. The highest BCUT2D eigenvalue weighted by Gasteiger charge is 2.45. The Hall–Kier alpha value is -4.93. The highest BCUT2D eigenvalue weighted by atomic mass is 16.6. The van der Waals surface area contributed by atoms with Crippen molar-refractivity contribution in [3.05, 3.63) is 102 Å². The number of ether oxygens (including phenoxy) is 3. The monoisotopic (exact) mass is 601 g/mol. The van der Waals surface area contributed by atoms with Crippen molar-refractivity contribution < 1.29 is 28.3 Å². The molecule has 1 aliphatic heterocycles. The predicted octanol–water partition coefficient (Wildman–Crippen LogP) is 8.30. The highest BCUT2D eigenvalue weighted by molar-refractivity contribution is 6.09. The quantitative estimate of drug-likeness (QED) is 0.114. The van der Waals surface area contributed by atoms with Gasteiger partial charge in [-0.2, -0.15) is 10.1 Å². The van der Waals surface area contributed by atoms with Crippen LogP contribution in [0.1, 0.15) is 55.1 Å². The van der Waals surface area contributed by atoms with Crippen molar-refractivity contribution in [1.29, 1.82) is 5.26 Å². The van der Waals surface area contributed by atoms with Crippen LogP contribution >= 0.6 is 0 Å². The van der Waals surface area contributed by atoms with Gasteiger partial charge in [-0.05, 0) is 90.2 Å². The fraction of sp³-hybridized carbons (Fsp3) is 0.289. The van der Waals surface area contributed by atoms with Gasteiger partial charge in [-0.15, -0.1) is 0 Å². The molecule has 0 spiro atoms. The van der Waals surface area contributed by atoms with Gasteiger partial charge in [0.1, 0.15) is 24.0 Å². The number of piperidine rings is 1. The number of likely N-dealkylation sites (tertiary alicyclic amines) is 1. The first-order valence-corrected chi connectivity index (χ1v) is 15.3. The summed E-state index contributed by atoms with van der Waals surface area (Å²) in [6, 6.07) is 29.7. The number of hydrogen-bond donors (Lipinski definition) is 0. The first-order chi connectivity index (χ1) is 21.6. The van der Waals surface area contributed by atoms with E-state index in [1.165, 1.54) is 7.11 Å². The molecule has 0 atom stereocenters. The number of quaternary nitrogens is 1. The Morgan fingerprint density at radius 3 is 2.24 bits per heavy atom. The number of hydrogen-bond acceptors (Lipinski definition) is 6. The molecule has 0 bridgehead atoms. The third kappa shape index (κ3) is 6.20. The summed E-state index contributed by atoms with van der Waals surface area (Å²) in [6.07, 6.45) is 1.06. The number of nitriles is 1. The van der Waals surface area contributed by atoms with Gasteiger partial charge in [-0.1, -0.05) is 42.5 Å². The summed E-state index contributed by atoms with van der Waals surface area (Å²) in [6.45, 7) is 7.34. The van der Waals surface area contributed by atoms with Crippen molar-refractivity contribution in [1.82, 2.24) is 0 Å². The predicted molar refractivity (Wildman–Crippen MR) is 175 cm³/mol. The Morgan fingerprint density at radius 1 is 0.844 bits per heavy atom. The maximum Gasteiger partial charge on any atom is 0.516 e. The smallest absolute Gasteiger partial charge is 0.489 e. The third-order valence-corrected chi connectivity index (χ3v) is 8.60. The summed E-state index contributed by atoms with van der Waals surface area (Å²) in [5.74, 6) is 0.416. The van der Waals surface area contributed by atoms with Gasteiger partial charge in [0.15, 0.2) is 0 Å². The van der Waals surface area contributed by atoms with Crippen molar-refractivity contribution in [3.8, 4) is 11.8 Å².